The third kappa shape index (κ3) is 3.63. The predicted molar refractivity (Wildman–Crippen MR) is 107 cm³/mol. The first-order valence-corrected chi connectivity index (χ1v) is 9.70. The molecule has 1 aromatic carbocycles. The van der Waals surface area contributed by atoms with Crippen molar-refractivity contribution in [2.75, 3.05) is 19.7 Å². The van der Waals surface area contributed by atoms with Gasteiger partial charge in [0.05, 0.1) is 24.4 Å². The van der Waals surface area contributed by atoms with Crippen LogP contribution in [0.5, 0.6) is 5.75 Å². The van der Waals surface area contributed by atoms with Crippen molar-refractivity contribution in [1.29, 1.82) is 0 Å². The summed E-state index contributed by atoms with van der Waals surface area (Å²) in [4.78, 5) is 51.9. The fourth-order valence-electron chi connectivity index (χ4n) is 3.64. The number of amides is 1. The molecule has 156 valence electrons. The first kappa shape index (κ1) is 19.6. The number of rotatable bonds is 5. The highest BCUT2D eigenvalue weighted by molar-refractivity contribution is 5.96. The molecule has 0 aliphatic carbocycles. The van der Waals surface area contributed by atoms with Crippen molar-refractivity contribution in [3.05, 3.63) is 40.4 Å². The second kappa shape index (κ2) is 7.97. The molecular formula is C20H21N5O5. The average molecular weight is 411 g/mol. The van der Waals surface area contributed by atoms with Crippen molar-refractivity contribution in [2.45, 2.75) is 19.8 Å². The van der Waals surface area contributed by atoms with Crippen LogP contribution in [0.1, 0.15) is 30.1 Å². The number of ether oxygens (including phenoxy) is 1. The Hall–Kier alpha value is -3.69. The molecule has 0 spiro atoms. The van der Waals surface area contributed by atoms with Gasteiger partial charge in [-0.05, 0) is 38.0 Å². The molecule has 10 nitrogen and oxygen atoms in total. The molecule has 0 bridgehead atoms. The summed E-state index contributed by atoms with van der Waals surface area (Å²) in [5.41, 5.74) is 1.11. The highest BCUT2D eigenvalue weighted by atomic mass is 16.5. The molecule has 4 rings (SSSR count). The van der Waals surface area contributed by atoms with E-state index in [1.54, 1.807) is 23.1 Å². The van der Waals surface area contributed by atoms with Gasteiger partial charge in [-0.2, -0.15) is 0 Å². The van der Waals surface area contributed by atoms with Crippen molar-refractivity contribution in [1.82, 2.24) is 24.8 Å². The van der Waals surface area contributed by atoms with Crippen molar-refractivity contribution in [3.63, 3.8) is 0 Å². The van der Waals surface area contributed by atoms with E-state index in [9.17, 15) is 19.5 Å². The lowest BCUT2D eigenvalue weighted by Crippen LogP contribution is -2.42. The van der Waals surface area contributed by atoms with E-state index in [0.29, 0.717) is 42.9 Å². The molecular weight excluding hydrogens is 390 g/mol. The van der Waals surface area contributed by atoms with Gasteiger partial charge in [0.1, 0.15) is 11.6 Å². The second-order valence-corrected chi connectivity index (χ2v) is 7.09. The Morgan fingerprint density at radius 2 is 2.20 bits per heavy atom. The molecule has 0 radical (unpaired) electrons. The second-order valence-electron chi connectivity index (χ2n) is 7.09. The van der Waals surface area contributed by atoms with Crippen LogP contribution in [0.4, 0.5) is 0 Å². The Kier molecular flexibility index (Phi) is 5.21. The topological polar surface area (TPSA) is 141 Å². The van der Waals surface area contributed by atoms with Crippen molar-refractivity contribution < 1.29 is 19.4 Å². The van der Waals surface area contributed by atoms with Crippen LogP contribution < -0.4 is 10.3 Å². The molecule has 2 aromatic heterocycles. The van der Waals surface area contributed by atoms with Gasteiger partial charge in [0.15, 0.2) is 11.2 Å². The maximum Gasteiger partial charge on any atom is 0.308 e. The summed E-state index contributed by atoms with van der Waals surface area (Å²) >= 11 is 0. The highest BCUT2D eigenvalue weighted by Gasteiger charge is 2.29. The summed E-state index contributed by atoms with van der Waals surface area (Å²) in [6.45, 7) is 2.86. The van der Waals surface area contributed by atoms with E-state index >= 15 is 0 Å². The van der Waals surface area contributed by atoms with Crippen LogP contribution in [0, 0.1) is 5.92 Å². The van der Waals surface area contributed by atoms with Gasteiger partial charge in [0.2, 0.25) is 0 Å². The number of aromatic nitrogens is 4. The van der Waals surface area contributed by atoms with Crippen LogP contribution >= 0.6 is 0 Å². The number of hydrogen-bond donors (Lipinski definition) is 3. The van der Waals surface area contributed by atoms with Crippen molar-refractivity contribution in [3.8, 4) is 17.1 Å². The summed E-state index contributed by atoms with van der Waals surface area (Å²) in [6, 6.07) is 4.88. The molecule has 3 aromatic rings. The normalized spacial score (nSPS) is 16.6. The zero-order valence-electron chi connectivity index (χ0n) is 16.3. The summed E-state index contributed by atoms with van der Waals surface area (Å²) in [5, 5.41) is 9.27. The number of fused-ring (bicyclic) bond motifs is 1. The number of carboxylic acids is 1. The Labute approximate surface area is 170 Å². The van der Waals surface area contributed by atoms with E-state index in [4.69, 9.17) is 4.74 Å². The minimum Gasteiger partial charge on any atom is -0.493 e. The van der Waals surface area contributed by atoms with Gasteiger partial charge in [0.25, 0.3) is 11.5 Å². The number of H-pyrrole nitrogens is 2. The van der Waals surface area contributed by atoms with Gasteiger partial charge in [-0.15, -0.1) is 0 Å². The first-order valence-electron chi connectivity index (χ1n) is 9.70. The first-order chi connectivity index (χ1) is 14.5. The molecule has 1 saturated heterocycles. The smallest absolute Gasteiger partial charge is 0.308 e. The molecule has 1 unspecified atom stereocenters. The van der Waals surface area contributed by atoms with Crippen molar-refractivity contribution >= 4 is 23.0 Å². The lowest BCUT2D eigenvalue weighted by Gasteiger charge is -2.30. The molecule has 30 heavy (non-hydrogen) atoms. The molecule has 1 atom stereocenters. The number of nitrogens with zero attached hydrogens (tertiary/aromatic N) is 3. The van der Waals surface area contributed by atoms with E-state index in [1.165, 1.54) is 6.33 Å². The Morgan fingerprint density at radius 1 is 1.37 bits per heavy atom. The quantitative estimate of drug-likeness (QED) is 0.579. The van der Waals surface area contributed by atoms with Crippen LogP contribution in [-0.4, -0.2) is 61.5 Å². The van der Waals surface area contributed by atoms with Gasteiger partial charge in [-0.25, -0.2) is 9.97 Å². The number of aliphatic carboxylic acids is 1. The number of likely N-dealkylation sites (tertiary alicyclic amines) is 1. The number of benzene rings is 1. The Morgan fingerprint density at radius 3 is 2.97 bits per heavy atom. The monoisotopic (exact) mass is 411 g/mol. The lowest BCUT2D eigenvalue weighted by atomic mass is 9.97. The van der Waals surface area contributed by atoms with E-state index < -0.39 is 11.9 Å². The molecule has 1 fully saturated rings. The number of hydrogen-bond acceptors (Lipinski definition) is 6. The van der Waals surface area contributed by atoms with Gasteiger partial charge in [0, 0.05) is 18.7 Å². The fourth-order valence-corrected chi connectivity index (χ4v) is 3.64. The molecule has 3 heterocycles. The van der Waals surface area contributed by atoms with Gasteiger partial charge in [-0.3, -0.25) is 14.4 Å². The largest absolute Gasteiger partial charge is 0.493 e. The maximum atomic E-state index is 13.0. The summed E-state index contributed by atoms with van der Waals surface area (Å²) < 4.78 is 5.71. The number of carbonyl (C=O) groups excluding carboxylic acids is 1. The van der Waals surface area contributed by atoms with Crippen LogP contribution in [0.15, 0.2) is 29.3 Å². The Balaban J connectivity index is 1.68. The lowest BCUT2D eigenvalue weighted by molar-refractivity contribution is -0.143. The number of nitrogens with one attached hydrogen (secondary N) is 2. The average Bonchev–Trinajstić information content (AvgIpc) is 3.23. The van der Waals surface area contributed by atoms with Crippen LogP contribution in [0.25, 0.3) is 22.6 Å². The van der Waals surface area contributed by atoms with E-state index in [1.807, 2.05) is 6.92 Å². The molecule has 10 heteroatoms. The SMILES string of the molecule is CCOc1cc(C(=O)N2CCCC(C(=O)O)C2)ccc1-c1nc2nc[nH]c2c(=O)[nH]1. The van der Waals surface area contributed by atoms with E-state index in [2.05, 4.69) is 19.9 Å². The fraction of sp³-hybridized carbons (Fsp3) is 0.350. The standard InChI is InChI=1S/C20H21N5O5/c1-2-30-14-8-11(19(27)25-7-3-4-12(9-25)20(28)29)5-6-13(14)16-23-17-15(18(26)24-16)21-10-22-17/h5-6,8,10,12H,2-4,7,9H2,1H3,(H,28,29)(H2,21,22,23,24,26). The number of imidazole rings is 1. The minimum absolute atomic E-state index is 0.185. The van der Waals surface area contributed by atoms with E-state index in [0.717, 1.165) is 0 Å². The van der Waals surface area contributed by atoms with Crippen LogP contribution in [-0.2, 0) is 4.79 Å². The summed E-state index contributed by atoms with van der Waals surface area (Å²) in [7, 11) is 0. The predicted octanol–water partition coefficient (Wildman–Crippen LogP) is 1.65. The maximum absolute atomic E-state index is 13.0. The van der Waals surface area contributed by atoms with Gasteiger partial charge >= 0.3 is 5.97 Å². The zero-order valence-corrected chi connectivity index (χ0v) is 16.3. The number of piperidine rings is 1. The molecule has 0 saturated carbocycles. The van der Waals surface area contributed by atoms with Crippen LogP contribution in [0.3, 0.4) is 0 Å². The number of carbonyl (C=O) groups is 2. The molecule has 1 amide bonds. The van der Waals surface area contributed by atoms with Crippen LogP contribution in [0.2, 0.25) is 0 Å². The zero-order chi connectivity index (χ0) is 21.3. The summed E-state index contributed by atoms with van der Waals surface area (Å²) in [5.74, 6) is -1.01. The number of carboxylic acid groups (broad SMARTS) is 1. The van der Waals surface area contributed by atoms with E-state index in [-0.39, 0.29) is 35.0 Å². The third-order valence-electron chi connectivity index (χ3n) is 5.14. The molecule has 1 aliphatic heterocycles. The van der Waals surface area contributed by atoms with Gasteiger partial charge in [-0.1, -0.05) is 0 Å². The number of aromatic amines is 2. The summed E-state index contributed by atoms with van der Waals surface area (Å²) in [6.07, 6.45) is 2.61. The molecule has 3 N–H and O–H groups in total. The Bertz CT molecular complexity index is 1170. The highest BCUT2D eigenvalue weighted by Crippen LogP contribution is 2.30. The molecule has 1 aliphatic rings. The van der Waals surface area contributed by atoms with Crippen molar-refractivity contribution in [2.24, 2.45) is 5.92 Å². The third-order valence-corrected chi connectivity index (χ3v) is 5.14. The van der Waals surface area contributed by atoms with Gasteiger partial charge < -0.3 is 24.7 Å². The minimum atomic E-state index is -0.887.